The summed E-state index contributed by atoms with van der Waals surface area (Å²) in [6.45, 7) is 0. The second kappa shape index (κ2) is 2.38. The molecule has 1 aliphatic heterocycles. The van der Waals surface area contributed by atoms with Crippen LogP contribution in [-0.2, 0) is 0 Å². The summed E-state index contributed by atoms with van der Waals surface area (Å²) in [6.07, 6.45) is 3.85. The zero-order valence-electron chi connectivity index (χ0n) is 5.92. The highest BCUT2D eigenvalue weighted by atomic mass is 19.1. The van der Waals surface area contributed by atoms with Gasteiger partial charge in [-0.15, -0.1) is 0 Å². The Morgan fingerprint density at radius 1 is 1.36 bits per heavy atom. The minimum Gasteiger partial charge on any atom is -0.381 e. The van der Waals surface area contributed by atoms with E-state index in [9.17, 15) is 4.39 Å². The van der Waals surface area contributed by atoms with Crippen molar-refractivity contribution in [1.29, 1.82) is 0 Å². The molecule has 0 saturated heterocycles. The van der Waals surface area contributed by atoms with E-state index in [1.807, 2.05) is 18.3 Å². The standard InChI is InChI=1S/C9H8FN/c10-8-3-1-2-7(6-8)9-4-5-11-9/h1-6,9,11H. The van der Waals surface area contributed by atoms with Crippen LogP contribution in [0, 0.1) is 5.82 Å². The van der Waals surface area contributed by atoms with Crippen LogP contribution in [0.15, 0.2) is 36.5 Å². The molecule has 1 aliphatic rings. The molecule has 2 rings (SSSR count). The third-order valence-electron chi connectivity index (χ3n) is 1.77. The van der Waals surface area contributed by atoms with Crippen LogP contribution < -0.4 is 5.32 Å². The summed E-state index contributed by atoms with van der Waals surface area (Å²) in [5, 5.41) is 3.04. The number of hydrogen-bond donors (Lipinski definition) is 1. The normalized spacial score (nSPS) is 20.6. The average molecular weight is 149 g/mol. The summed E-state index contributed by atoms with van der Waals surface area (Å²) in [6, 6.07) is 6.83. The molecule has 56 valence electrons. The predicted molar refractivity (Wildman–Crippen MR) is 41.4 cm³/mol. The molecule has 1 aromatic carbocycles. The van der Waals surface area contributed by atoms with Crippen molar-refractivity contribution in [3.05, 3.63) is 47.9 Å². The lowest BCUT2D eigenvalue weighted by atomic mass is 10.0. The minimum atomic E-state index is -0.176. The molecular formula is C9H8FN. The van der Waals surface area contributed by atoms with E-state index in [1.165, 1.54) is 6.07 Å². The van der Waals surface area contributed by atoms with Crippen molar-refractivity contribution in [2.45, 2.75) is 6.04 Å². The summed E-state index contributed by atoms with van der Waals surface area (Å²) in [5.41, 5.74) is 0.979. The van der Waals surface area contributed by atoms with Gasteiger partial charge in [0.2, 0.25) is 0 Å². The summed E-state index contributed by atoms with van der Waals surface area (Å²) >= 11 is 0. The van der Waals surface area contributed by atoms with Crippen LogP contribution in [0.2, 0.25) is 0 Å². The maximum Gasteiger partial charge on any atom is 0.123 e. The summed E-state index contributed by atoms with van der Waals surface area (Å²) in [7, 11) is 0. The number of halogens is 1. The lowest BCUT2D eigenvalue weighted by Crippen LogP contribution is -2.21. The number of hydrogen-bond acceptors (Lipinski definition) is 1. The maximum atomic E-state index is 12.6. The van der Waals surface area contributed by atoms with E-state index in [2.05, 4.69) is 5.32 Å². The quantitative estimate of drug-likeness (QED) is 0.643. The lowest BCUT2D eigenvalue weighted by molar-refractivity contribution is 0.615. The van der Waals surface area contributed by atoms with Gasteiger partial charge in [-0.3, -0.25) is 0 Å². The van der Waals surface area contributed by atoms with Gasteiger partial charge in [0.05, 0.1) is 6.04 Å². The first-order valence-electron chi connectivity index (χ1n) is 3.54. The first-order valence-corrected chi connectivity index (χ1v) is 3.54. The molecule has 1 N–H and O–H groups in total. The zero-order chi connectivity index (χ0) is 7.68. The van der Waals surface area contributed by atoms with E-state index in [0.717, 1.165) is 5.56 Å². The molecule has 0 radical (unpaired) electrons. The van der Waals surface area contributed by atoms with Crippen LogP contribution in [0.1, 0.15) is 11.6 Å². The molecule has 1 atom stereocenters. The molecule has 0 saturated carbocycles. The predicted octanol–water partition coefficient (Wildman–Crippen LogP) is 1.98. The Hall–Kier alpha value is -1.31. The lowest BCUT2D eigenvalue weighted by Gasteiger charge is -2.20. The molecule has 0 amide bonds. The van der Waals surface area contributed by atoms with Crippen molar-refractivity contribution < 1.29 is 4.39 Å². The Kier molecular flexibility index (Phi) is 1.39. The molecule has 11 heavy (non-hydrogen) atoms. The van der Waals surface area contributed by atoms with Gasteiger partial charge >= 0.3 is 0 Å². The highest BCUT2D eigenvalue weighted by Gasteiger charge is 2.10. The third kappa shape index (κ3) is 1.11. The molecule has 0 spiro atoms. The fourth-order valence-corrected chi connectivity index (χ4v) is 1.10. The van der Waals surface area contributed by atoms with E-state index in [1.54, 1.807) is 12.1 Å². The molecule has 1 unspecified atom stereocenters. The summed E-state index contributed by atoms with van der Waals surface area (Å²) in [4.78, 5) is 0. The zero-order valence-corrected chi connectivity index (χ0v) is 5.92. The van der Waals surface area contributed by atoms with Crippen molar-refractivity contribution >= 4 is 0 Å². The highest BCUT2D eigenvalue weighted by molar-refractivity contribution is 5.27. The van der Waals surface area contributed by atoms with Crippen LogP contribution in [0.25, 0.3) is 0 Å². The molecular weight excluding hydrogens is 141 g/mol. The van der Waals surface area contributed by atoms with Gasteiger partial charge in [-0.25, -0.2) is 4.39 Å². The Labute approximate surface area is 64.5 Å². The fourth-order valence-electron chi connectivity index (χ4n) is 1.10. The van der Waals surface area contributed by atoms with E-state index in [4.69, 9.17) is 0 Å². The van der Waals surface area contributed by atoms with Crippen molar-refractivity contribution in [2.24, 2.45) is 0 Å². The Morgan fingerprint density at radius 3 is 2.73 bits per heavy atom. The van der Waals surface area contributed by atoms with Gasteiger partial charge in [0.1, 0.15) is 5.82 Å². The van der Waals surface area contributed by atoms with Gasteiger partial charge in [-0.05, 0) is 30.0 Å². The number of rotatable bonds is 1. The molecule has 1 aromatic rings. The van der Waals surface area contributed by atoms with E-state index in [0.29, 0.717) is 0 Å². The van der Waals surface area contributed by atoms with Gasteiger partial charge in [0, 0.05) is 0 Å². The van der Waals surface area contributed by atoms with Gasteiger partial charge < -0.3 is 5.32 Å². The highest BCUT2D eigenvalue weighted by Crippen LogP contribution is 2.19. The Balaban J connectivity index is 2.30. The largest absolute Gasteiger partial charge is 0.381 e. The number of benzene rings is 1. The van der Waals surface area contributed by atoms with Crippen LogP contribution in [0.5, 0.6) is 0 Å². The van der Waals surface area contributed by atoms with Gasteiger partial charge in [0.25, 0.3) is 0 Å². The average Bonchev–Trinajstić information content (AvgIpc) is 1.83. The second-order valence-electron chi connectivity index (χ2n) is 2.56. The molecule has 1 heterocycles. The smallest absolute Gasteiger partial charge is 0.123 e. The van der Waals surface area contributed by atoms with Crippen molar-refractivity contribution in [1.82, 2.24) is 5.32 Å². The molecule has 0 fully saturated rings. The van der Waals surface area contributed by atoms with E-state index in [-0.39, 0.29) is 11.9 Å². The van der Waals surface area contributed by atoms with Gasteiger partial charge in [-0.1, -0.05) is 12.1 Å². The van der Waals surface area contributed by atoms with Crippen molar-refractivity contribution in [2.75, 3.05) is 0 Å². The van der Waals surface area contributed by atoms with Gasteiger partial charge in [0.15, 0.2) is 0 Å². The first-order chi connectivity index (χ1) is 5.36. The summed E-state index contributed by atoms with van der Waals surface area (Å²) in [5.74, 6) is -0.176. The minimum absolute atomic E-state index is 0.176. The van der Waals surface area contributed by atoms with Crippen LogP contribution in [0.3, 0.4) is 0 Å². The van der Waals surface area contributed by atoms with Gasteiger partial charge in [-0.2, -0.15) is 0 Å². The molecule has 0 aliphatic carbocycles. The SMILES string of the molecule is Fc1cccc(C2C=CN2)c1. The monoisotopic (exact) mass is 149 g/mol. The molecule has 0 aromatic heterocycles. The summed E-state index contributed by atoms with van der Waals surface area (Å²) < 4.78 is 12.6. The van der Waals surface area contributed by atoms with E-state index >= 15 is 0 Å². The van der Waals surface area contributed by atoms with Crippen LogP contribution >= 0.6 is 0 Å². The maximum absolute atomic E-state index is 12.6. The fraction of sp³-hybridized carbons (Fsp3) is 0.111. The topological polar surface area (TPSA) is 12.0 Å². The number of nitrogens with one attached hydrogen (secondary N) is 1. The molecule has 1 nitrogen and oxygen atoms in total. The van der Waals surface area contributed by atoms with Crippen molar-refractivity contribution in [3.8, 4) is 0 Å². The van der Waals surface area contributed by atoms with Crippen molar-refractivity contribution in [3.63, 3.8) is 0 Å². The third-order valence-corrected chi connectivity index (χ3v) is 1.77. The van der Waals surface area contributed by atoms with E-state index < -0.39 is 0 Å². The van der Waals surface area contributed by atoms with Crippen LogP contribution in [-0.4, -0.2) is 0 Å². The second-order valence-corrected chi connectivity index (χ2v) is 2.56. The molecule has 0 bridgehead atoms. The Morgan fingerprint density at radius 2 is 2.18 bits per heavy atom. The Bertz CT molecular complexity index is 293. The van der Waals surface area contributed by atoms with Crippen LogP contribution in [0.4, 0.5) is 4.39 Å². The first kappa shape index (κ1) is 6.40. The molecule has 2 heteroatoms.